The second-order valence-electron chi connectivity index (χ2n) is 2.74. The number of hydrogen-bond donors (Lipinski definition) is 0. The Labute approximate surface area is 98.8 Å². The van der Waals surface area contributed by atoms with Gasteiger partial charge in [-0.15, -0.1) is 0 Å². The molecule has 84 valence electrons. The van der Waals surface area contributed by atoms with Crippen LogP contribution >= 0.6 is 23.1 Å². The molecule has 0 saturated carbocycles. The molecule has 0 N–H and O–H groups in total. The number of rotatable bonds is 3. The molecule has 0 spiro atoms. The average molecular weight is 263 g/mol. The van der Waals surface area contributed by atoms with Crippen LogP contribution in [0.3, 0.4) is 0 Å². The second-order valence-corrected chi connectivity index (χ2v) is 3.83. The molecule has 1 aromatic heterocycles. The lowest BCUT2D eigenvalue weighted by atomic mass is 10.2. The monoisotopic (exact) mass is 262 g/mol. The summed E-state index contributed by atoms with van der Waals surface area (Å²) in [7, 11) is 0. The Kier molecular flexibility index (Phi) is 3.31. The molecule has 0 aliphatic rings. The van der Waals surface area contributed by atoms with Crippen molar-refractivity contribution in [2.45, 2.75) is 6.61 Å². The highest BCUT2D eigenvalue weighted by molar-refractivity contribution is 7.09. The summed E-state index contributed by atoms with van der Waals surface area (Å²) in [4.78, 5) is 3.90. The summed E-state index contributed by atoms with van der Waals surface area (Å²) in [6, 6.07) is 6.36. The molecule has 7 heteroatoms. The van der Waals surface area contributed by atoms with E-state index in [-0.39, 0.29) is 11.0 Å². The first-order valence-corrected chi connectivity index (χ1v) is 5.35. The van der Waals surface area contributed by atoms with Crippen molar-refractivity contribution in [3.05, 3.63) is 29.5 Å². The summed E-state index contributed by atoms with van der Waals surface area (Å²) < 4.78 is 32.4. The van der Waals surface area contributed by atoms with Crippen LogP contribution in [0.5, 0.6) is 5.75 Å². The third-order valence-electron chi connectivity index (χ3n) is 1.73. The molecular formula is C9H5ClF2N2OS. The smallest absolute Gasteiger partial charge is 0.387 e. The zero-order valence-electron chi connectivity index (χ0n) is 7.73. The Morgan fingerprint density at radius 2 is 2.06 bits per heavy atom. The van der Waals surface area contributed by atoms with Gasteiger partial charge in [0.25, 0.3) is 0 Å². The molecule has 0 unspecified atom stereocenters. The van der Waals surface area contributed by atoms with Crippen molar-refractivity contribution in [1.29, 1.82) is 0 Å². The fraction of sp³-hybridized carbons (Fsp3) is 0.111. The van der Waals surface area contributed by atoms with E-state index in [1.807, 2.05) is 0 Å². The van der Waals surface area contributed by atoms with Gasteiger partial charge in [0.2, 0.25) is 5.28 Å². The molecule has 0 aliphatic heterocycles. The molecule has 0 aliphatic carbocycles. The van der Waals surface area contributed by atoms with Gasteiger partial charge in [-0.2, -0.15) is 13.2 Å². The highest BCUT2D eigenvalue weighted by Gasteiger charge is 2.13. The first-order valence-electron chi connectivity index (χ1n) is 4.20. The van der Waals surface area contributed by atoms with E-state index < -0.39 is 6.61 Å². The summed E-state index contributed by atoms with van der Waals surface area (Å²) in [6.07, 6.45) is 0. The van der Waals surface area contributed by atoms with Crippen molar-refractivity contribution in [1.82, 2.24) is 9.36 Å². The van der Waals surface area contributed by atoms with Gasteiger partial charge in [-0.3, -0.25) is 0 Å². The van der Waals surface area contributed by atoms with E-state index in [1.54, 1.807) is 18.2 Å². The van der Waals surface area contributed by atoms with Crippen molar-refractivity contribution in [2.75, 3.05) is 0 Å². The highest BCUT2D eigenvalue weighted by Crippen LogP contribution is 2.32. The maximum absolute atomic E-state index is 12.1. The van der Waals surface area contributed by atoms with Crippen molar-refractivity contribution >= 4 is 23.1 Å². The largest absolute Gasteiger partial charge is 0.434 e. The third-order valence-corrected chi connectivity index (χ3v) is 2.75. The molecule has 3 nitrogen and oxygen atoms in total. The maximum Gasteiger partial charge on any atom is 0.387 e. The number of alkyl halides is 2. The number of para-hydroxylation sites is 1. The first-order chi connectivity index (χ1) is 7.66. The van der Waals surface area contributed by atoms with E-state index in [4.69, 9.17) is 11.6 Å². The van der Waals surface area contributed by atoms with E-state index in [0.717, 1.165) is 11.5 Å². The van der Waals surface area contributed by atoms with Crippen LogP contribution in [0.4, 0.5) is 8.78 Å². The van der Waals surface area contributed by atoms with Gasteiger partial charge in [-0.1, -0.05) is 12.1 Å². The molecule has 16 heavy (non-hydrogen) atoms. The van der Waals surface area contributed by atoms with Crippen LogP contribution in [-0.4, -0.2) is 16.0 Å². The number of aromatic nitrogens is 2. The van der Waals surface area contributed by atoms with Crippen molar-refractivity contribution < 1.29 is 13.5 Å². The number of ether oxygens (including phenoxy) is 1. The number of nitrogens with zero attached hydrogens (tertiary/aromatic N) is 2. The van der Waals surface area contributed by atoms with Gasteiger partial charge >= 0.3 is 6.61 Å². The summed E-state index contributed by atoms with van der Waals surface area (Å²) >= 11 is 6.59. The first kappa shape index (κ1) is 11.2. The van der Waals surface area contributed by atoms with Crippen LogP contribution in [0.2, 0.25) is 5.28 Å². The SMILES string of the molecule is FC(F)Oc1ccccc1-c1nc(Cl)ns1. The number of hydrogen-bond acceptors (Lipinski definition) is 4. The highest BCUT2D eigenvalue weighted by atomic mass is 35.5. The summed E-state index contributed by atoms with van der Waals surface area (Å²) in [5.74, 6) is 0.0605. The fourth-order valence-electron chi connectivity index (χ4n) is 1.16. The van der Waals surface area contributed by atoms with Crippen molar-refractivity contribution in [2.24, 2.45) is 0 Å². The normalized spacial score (nSPS) is 10.8. The molecule has 0 saturated heterocycles. The number of halogens is 3. The minimum absolute atomic E-state index is 0.0605. The maximum atomic E-state index is 12.1. The van der Waals surface area contributed by atoms with Crippen LogP contribution in [0.25, 0.3) is 10.6 Å². The summed E-state index contributed by atoms with van der Waals surface area (Å²) in [6.45, 7) is -2.87. The Hall–Kier alpha value is -1.27. The van der Waals surface area contributed by atoms with Gasteiger partial charge in [0.1, 0.15) is 10.8 Å². The lowest BCUT2D eigenvalue weighted by Gasteiger charge is -2.07. The van der Waals surface area contributed by atoms with Crippen LogP contribution in [0.15, 0.2) is 24.3 Å². The standard InChI is InChI=1S/C9H5ClF2N2OS/c10-8-13-7(16-14-8)5-3-1-2-4-6(5)15-9(11)12/h1-4,9H. The zero-order valence-corrected chi connectivity index (χ0v) is 9.30. The average Bonchev–Trinajstić information content (AvgIpc) is 2.65. The van der Waals surface area contributed by atoms with Gasteiger partial charge in [0.15, 0.2) is 0 Å². The van der Waals surface area contributed by atoms with Gasteiger partial charge in [-0.25, -0.2) is 4.98 Å². The molecule has 1 heterocycles. The number of benzene rings is 1. The van der Waals surface area contributed by atoms with E-state index in [9.17, 15) is 8.78 Å². The second kappa shape index (κ2) is 4.71. The lowest BCUT2D eigenvalue weighted by Crippen LogP contribution is -2.02. The van der Waals surface area contributed by atoms with E-state index >= 15 is 0 Å². The predicted molar refractivity (Wildman–Crippen MR) is 57.0 cm³/mol. The van der Waals surface area contributed by atoms with E-state index in [2.05, 4.69) is 14.1 Å². The van der Waals surface area contributed by atoms with Gasteiger partial charge < -0.3 is 4.74 Å². The van der Waals surface area contributed by atoms with Gasteiger partial charge in [0.05, 0.1) is 5.56 Å². The molecule has 0 fully saturated rings. The molecule has 2 rings (SSSR count). The topological polar surface area (TPSA) is 35.0 Å². The third kappa shape index (κ3) is 2.45. The summed E-state index contributed by atoms with van der Waals surface area (Å²) in [5.41, 5.74) is 0.451. The van der Waals surface area contributed by atoms with Crippen LogP contribution in [0.1, 0.15) is 0 Å². The predicted octanol–water partition coefficient (Wildman–Crippen LogP) is 3.46. The van der Waals surface area contributed by atoms with Crippen LogP contribution < -0.4 is 4.74 Å². The van der Waals surface area contributed by atoms with Gasteiger partial charge in [-0.05, 0) is 35.3 Å². The van der Waals surface area contributed by atoms with Crippen LogP contribution in [0, 0.1) is 0 Å². The Balaban J connectivity index is 2.40. The Morgan fingerprint density at radius 1 is 1.31 bits per heavy atom. The van der Waals surface area contributed by atoms with E-state index in [0.29, 0.717) is 10.6 Å². The minimum atomic E-state index is -2.87. The Bertz CT molecular complexity index is 492. The quantitative estimate of drug-likeness (QED) is 0.850. The van der Waals surface area contributed by atoms with Crippen molar-refractivity contribution in [3.8, 4) is 16.3 Å². The molecule has 0 amide bonds. The fourth-order valence-corrected chi connectivity index (χ4v) is 1.99. The molecule has 0 radical (unpaired) electrons. The van der Waals surface area contributed by atoms with E-state index in [1.165, 1.54) is 6.07 Å². The van der Waals surface area contributed by atoms with Gasteiger partial charge in [0, 0.05) is 0 Å². The zero-order chi connectivity index (χ0) is 11.5. The molecular weight excluding hydrogens is 258 g/mol. The molecule has 1 aromatic carbocycles. The molecule has 0 bridgehead atoms. The van der Waals surface area contributed by atoms with Crippen molar-refractivity contribution in [3.63, 3.8) is 0 Å². The lowest BCUT2D eigenvalue weighted by molar-refractivity contribution is -0.0494. The molecule has 0 atom stereocenters. The summed E-state index contributed by atoms with van der Waals surface area (Å²) in [5, 5.41) is 0.535. The van der Waals surface area contributed by atoms with Crippen LogP contribution in [-0.2, 0) is 0 Å². The molecule has 2 aromatic rings. The minimum Gasteiger partial charge on any atom is -0.434 e. The Morgan fingerprint density at radius 3 is 2.69 bits per heavy atom.